The van der Waals surface area contributed by atoms with E-state index in [1.807, 2.05) is 12.1 Å². The van der Waals surface area contributed by atoms with Gasteiger partial charge in [0.05, 0.1) is 25.1 Å². The molecule has 1 unspecified atom stereocenters. The van der Waals surface area contributed by atoms with Crippen molar-refractivity contribution in [3.63, 3.8) is 0 Å². The molecule has 0 aliphatic carbocycles. The monoisotopic (exact) mass is 502 g/mol. The van der Waals surface area contributed by atoms with Crippen molar-refractivity contribution in [3.8, 4) is 0 Å². The van der Waals surface area contributed by atoms with Crippen LogP contribution in [0.1, 0.15) is 43.0 Å². The first-order chi connectivity index (χ1) is 13.3. The van der Waals surface area contributed by atoms with Gasteiger partial charge in [-0.25, -0.2) is 4.99 Å². The van der Waals surface area contributed by atoms with E-state index in [-0.39, 0.29) is 24.0 Å². The minimum absolute atomic E-state index is 0. The third-order valence-electron chi connectivity index (χ3n) is 4.83. The second kappa shape index (κ2) is 12.1. The molecule has 3 rings (SSSR count). The van der Waals surface area contributed by atoms with Crippen LogP contribution in [-0.4, -0.2) is 37.4 Å². The number of furan rings is 1. The molecule has 7 nitrogen and oxygen atoms in total. The van der Waals surface area contributed by atoms with Gasteiger partial charge in [-0.3, -0.25) is 0 Å². The summed E-state index contributed by atoms with van der Waals surface area (Å²) in [6.45, 7) is 8.01. The Morgan fingerprint density at radius 1 is 1.29 bits per heavy atom. The van der Waals surface area contributed by atoms with Gasteiger partial charge >= 0.3 is 0 Å². The molecule has 156 valence electrons. The highest BCUT2D eigenvalue weighted by Crippen LogP contribution is 2.17. The summed E-state index contributed by atoms with van der Waals surface area (Å²) < 4.78 is 16.3. The topological polar surface area (TPSA) is 84.8 Å². The average molecular weight is 502 g/mol. The van der Waals surface area contributed by atoms with Crippen LogP contribution in [0.3, 0.4) is 0 Å². The summed E-state index contributed by atoms with van der Waals surface area (Å²) in [6.07, 6.45) is 5.29. The number of ether oxygens (including phenoxy) is 1. The van der Waals surface area contributed by atoms with Crippen LogP contribution in [0.2, 0.25) is 0 Å². The number of aromatic nitrogens is 1. The summed E-state index contributed by atoms with van der Waals surface area (Å²) in [5, 5.41) is 11.0. The van der Waals surface area contributed by atoms with Gasteiger partial charge in [0.2, 0.25) is 0 Å². The molecule has 2 N–H and O–H groups in total. The standard InChI is InChI=1S/C20H30N4O3.HI/c1-3-18-17(19(4-2)27-24-18)13-23-20(22-12-15-8-11-25-14-15)21-9-7-16-6-5-10-26-16;/h5-6,10,15H,3-4,7-9,11-14H2,1-2H3,(H2,21,22,23);1H. The lowest BCUT2D eigenvalue weighted by Crippen LogP contribution is -2.41. The number of rotatable bonds is 9. The molecule has 1 aliphatic heterocycles. The number of aliphatic imine (C=N–C) groups is 1. The molecule has 0 spiro atoms. The molecule has 1 aliphatic rings. The zero-order valence-electron chi connectivity index (χ0n) is 16.7. The molecule has 3 heterocycles. The van der Waals surface area contributed by atoms with Gasteiger partial charge < -0.3 is 24.3 Å². The Hall–Kier alpha value is -1.55. The average Bonchev–Trinajstić information content (AvgIpc) is 3.45. The molecule has 0 bridgehead atoms. The Morgan fingerprint density at radius 2 is 2.18 bits per heavy atom. The number of nitrogens with zero attached hydrogens (tertiary/aromatic N) is 2. The van der Waals surface area contributed by atoms with Crippen LogP contribution in [0, 0.1) is 5.92 Å². The molecule has 8 heteroatoms. The zero-order chi connectivity index (χ0) is 18.9. The fraction of sp³-hybridized carbons (Fsp3) is 0.600. The highest BCUT2D eigenvalue weighted by molar-refractivity contribution is 14.0. The van der Waals surface area contributed by atoms with E-state index < -0.39 is 0 Å². The van der Waals surface area contributed by atoms with Crippen molar-refractivity contribution in [1.29, 1.82) is 0 Å². The summed E-state index contributed by atoms with van der Waals surface area (Å²) in [6, 6.07) is 3.90. The van der Waals surface area contributed by atoms with Crippen molar-refractivity contribution in [2.75, 3.05) is 26.3 Å². The molecule has 0 saturated carbocycles. The number of aryl methyl sites for hydroxylation is 2. The van der Waals surface area contributed by atoms with E-state index >= 15 is 0 Å². The van der Waals surface area contributed by atoms with Crippen molar-refractivity contribution in [2.45, 2.75) is 46.1 Å². The maximum Gasteiger partial charge on any atom is 0.191 e. The Kier molecular flexibility index (Phi) is 9.83. The molecular weight excluding hydrogens is 471 g/mol. The molecule has 0 radical (unpaired) electrons. The van der Waals surface area contributed by atoms with Crippen molar-refractivity contribution < 1.29 is 13.7 Å². The van der Waals surface area contributed by atoms with E-state index in [2.05, 4.69) is 29.6 Å². The molecular formula is C20H31IN4O3. The largest absolute Gasteiger partial charge is 0.469 e. The molecule has 1 saturated heterocycles. The van der Waals surface area contributed by atoms with Crippen LogP contribution < -0.4 is 10.6 Å². The third-order valence-corrected chi connectivity index (χ3v) is 4.83. The van der Waals surface area contributed by atoms with Crippen molar-refractivity contribution in [2.24, 2.45) is 10.9 Å². The quantitative estimate of drug-likeness (QED) is 0.311. The molecule has 1 atom stereocenters. The summed E-state index contributed by atoms with van der Waals surface area (Å²) in [7, 11) is 0. The number of hydrogen-bond acceptors (Lipinski definition) is 5. The fourth-order valence-electron chi connectivity index (χ4n) is 3.19. The molecule has 2 aromatic heterocycles. The Bertz CT molecular complexity index is 688. The third kappa shape index (κ3) is 6.51. The minimum atomic E-state index is 0. The number of hydrogen-bond donors (Lipinski definition) is 2. The van der Waals surface area contributed by atoms with E-state index in [0.29, 0.717) is 12.5 Å². The summed E-state index contributed by atoms with van der Waals surface area (Å²) in [5.41, 5.74) is 2.10. The fourth-order valence-corrected chi connectivity index (χ4v) is 3.19. The summed E-state index contributed by atoms with van der Waals surface area (Å²) in [4.78, 5) is 4.79. The first kappa shape index (κ1) is 22.7. The Morgan fingerprint density at radius 3 is 2.86 bits per heavy atom. The van der Waals surface area contributed by atoms with Gasteiger partial charge in [-0.15, -0.1) is 24.0 Å². The smallest absolute Gasteiger partial charge is 0.191 e. The van der Waals surface area contributed by atoms with E-state index in [1.165, 1.54) is 0 Å². The van der Waals surface area contributed by atoms with Crippen LogP contribution in [0.4, 0.5) is 0 Å². The van der Waals surface area contributed by atoms with Crippen LogP contribution in [0.25, 0.3) is 0 Å². The van der Waals surface area contributed by atoms with Gasteiger partial charge in [-0.1, -0.05) is 19.0 Å². The minimum Gasteiger partial charge on any atom is -0.469 e. The normalized spacial score (nSPS) is 16.8. The Balaban J connectivity index is 0.00000280. The van der Waals surface area contributed by atoms with E-state index in [1.54, 1.807) is 6.26 Å². The Labute approximate surface area is 183 Å². The van der Waals surface area contributed by atoms with Crippen molar-refractivity contribution in [1.82, 2.24) is 15.8 Å². The lowest BCUT2D eigenvalue weighted by Gasteiger charge is -2.15. The molecule has 28 heavy (non-hydrogen) atoms. The van der Waals surface area contributed by atoms with Crippen LogP contribution in [0.15, 0.2) is 32.3 Å². The van der Waals surface area contributed by atoms with Gasteiger partial charge in [-0.2, -0.15) is 0 Å². The molecule has 0 amide bonds. The predicted molar refractivity (Wildman–Crippen MR) is 119 cm³/mol. The second-order valence-electron chi connectivity index (χ2n) is 6.77. The van der Waals surface area contributed by atoms with Gasteiger partial charge in [-0.05, 0) is 25.0 Å². The number of guanidine groups is 1. The van der Waals surface area contributed by atoms with Gasteiger partial charge in [0.15, 0.2) is 5.96 Å². The van der Waals surface area contributed by atoms with Gasteiger partial charge in [0, 0.05) is 44.0 Å². The maximum absolute atomic E-state index is 5.47. The van der Waals surface area contributed by atoms with E-state index in [0.717, 1.165) is 80.7 Å². The van der Waals surface area contributed by atoms with Crippen molar-refractivity contribution in [3.05, 3.63) is 41.2 Å². The van der Waals surface area contributed by atoms with Crippen molar-refractivity contribution >= 4 is 29.9 Å². The summed E-state index contributed by atoms with van der Waals surface area (Å²) in [5.74, 6) is 3.23. The lowest BCUT2D eigenvalue weighted by molar-refractivity contribution is 0.186. The van der Waals surface area contributed by atoms with Crippen LogP contribution >= 0.6 is 24.0 Å². The van der Waals surface area contributed by atoms with Gasteiger partial charge in [0.1, 0.15) is 11.5 Å². The van der Waals surface area contributed by atoms with Crippen LogP contribution in [0.5, 0.6) is 0 Å². The maximum atomic E-state index is 5.47. The number of nitrogens with one attached hydrogen (secondary N) is 2. The van der Waals surface area contributed by atoms with Gasteiger partial charge in [0.25, 0.3) is 0 Å². The first-order valence-corrected chi connectivity index (χ1v) is 9.88. The predicted octanol–water partition coefficient (Wildman–Crippen LogP) is 3.32. The summed E-state index contributed by atoms with van der Waals surface area (Å²) >= 11 is 0. The highest BCUT2D eigenvalue weighted by Gasteiger charge is 2.17. The highest BCUT2D eigenvalue weighted by atomic mass is 127. The van der Waals surface area contributed by atoms with E-state index in [4.69, 9.17) is 18.7 Å². The number of halogens is 1. The molecule has 1 fully saturated rings. The lowest BCUT2D eigenvalue weighted by atomic mass is 10.1. The first-order valence-electron chi connectivity index (χ1n) is 9.88. The zero-order valence-corrected chi connectivity index (χ0v) is 19.0. The molecule has 2 aromatic rings. The second-order valence-corrected chi connectivity index (χ2v) is 6.77. The SMILES string of the molecule is CCc1noc(CC)c1CN=C(NCCc1ccco1)NCC1CCOC1.I. The molecule has 0 aromatic carbocycles. The van der Waals surface area contributed by atoms with E-state index in [9.17, 15) is 0 Å². The van der Waals surface area contributed by atoms with Crippen LogP contribution in [-0.2, 0) is 30.5 Å².